The number of aromatic nitrogens is 2. The zero-order valence-electron chi connectivity index (χ0n) is 12.8. The Morgan fingerprint density at radius 2 is 1.85 bits per heavy atom. The van der Waals surface area contributed by atoms with Crippen LogP contribution in [0.25, 0.3) is 0 Å². The van der Waals surface area contributed by atoms with Gasteiger partial charge in [-0.2, -0.15) is 0 Å². The molecule has 0 aliphatic heterocycles. The first-order valence-corrected chi connectivity index (χ1v) is 7.36. The smallest absolute Gasteiger partial charge is 0.339 e. The molecule has 1 fully saturated rings. The fraction of sp³-hybridized carbons (Fsp3) is 0.688. The summed E-state index contributed by atoms with van der Waals surface area (Å²) in [6, 6.07) is 0. The van der Waals surface area contributed by atoms with Crippen LogP contribution in [0.2, 0.25) is 0 Å². The van der Waals surface area contributed by atoms with Crippen molar-refractivity contribution in [2.45, 2.75) is 59.3 Å². The number of aromatic carboxylic acids is 1. The van der Waals surface area contributed by atoms with Gasteiger partial charge >= 0.3 is 5.97 Å². The van der Waals surface area contributed by atoms with E-state index in [9.17, 15) is 4.79 Å². The van der Waals surface area contributed by atoms with Crippen LogP contribution >= 0.6 is 0 Å². The summed E-state index contributed by atoms with van der Waals surface area (Å²) in [6.07, 6.45) is 6.08. The van der Waals surface area contributed by atoms with E-state index in [1.54, 1.807) is 6.92 Å². The number of hydrogen-bond donors (Lipinski definition) is 1. The highest BCUT2D eigenvalue weighted by molar-refractivity contribution is 5.88. The fourth-order valence-electron chi connectivity index (χ4n) is 3.11. The molecule has 1 aromatic rings. The molecular formula is C16H24N2O2. The molecule has 0 atom stereocenters. The third kappa shape index (κ3) is 3.17. The van der Waals surface area contributed by atoms with Gasteiger partial charge in [0.25, 0.3) is 0 Å². The van der Waals surface area contributed by atoms with Crippen molar-refractivity contribution < 1.29 is 9.90 Å². The van der Waals surface area contributed by atoms with Crippen molar-refractivity contribution in [1.29, 1.82) is 0 Å². The van der Waals surface area contributed by atoms with Gasteiger partial charge in [-0.25, -0.2) is 14.8 Å². The number of carboxylic acid groups (broad SMARTS) is 1. The molecule has 110 valence electrons. The summed E-state index contributed by atoms with van der Waals surface area (Å²) in [5, 5.41) is 9.01. The predicted octanol–water partition coefficient (Wildman–Crippen LogP) is 3.80. The largest absolute Gasteiger partial charge is 0.478 e. The van der Waals surface area contributed by atoms with Crippen molar-refractivity contribution in [3.8, 4) is 0 Å². The fourth-order valence-corrected chi connectivity index (χ4v) is 3.11. The lowest BCUT2D eigenvalue weighted by Gasteiger charge is -2.36. The summed E-state index contributed by atoms with van der Waals surface area (Å²) in [5.74, 6) is 1.01. The van der Waals surface area contributed by atoms with Gasteiger partial charge in [-0.15, -0.1) is 0 Å². The van der Waals surface area contributed by atoms with Gasteiger partial charge in [0.05, 0.1) is 11.3 Å². The van der Waals surface area contributed by atoms with Crippen LogP contribution in [0.1, 0.15) is 74.2 Å². The van der Waals surface area contributed by atoms with Gasteiger partial charge in [0.2, 0.25) is 0 Å². The number of carbonyl (C=O) groups is 1. The van der Waals surface area contributed by atoms with Crippen molar-refractivity contribution in [3.63, 3.8) is 0 Å². The minimum atomic E-state index is -0.953. The van der Waals surface area contributed by atoms with Gasteiger partial charge in [0, 0.05) is 12.1 Å². The molecule has 0 saturated heterocycles. The third-order valence-electron chi connectivity index (χ3n) is 4.55. The average molecular weight is 276 g/mol. The van der Waals surface area contributed by atoms with E-state index in [1.165, 1.54) is 19.0 Å². The van der Waals surface area contributed by atoms with Gasteiger partial charge in [0.1, 0.15) is 5.82 Å². The van der Waals surface area contributed by atoms with Crippen molar-refractivity contribution in [3.05, 3.63) is 23.3 Å². The van der Waals surface area contributed by atoms with Crippen molar-refractivity contribution >= 4 is 5.97 Å². The molecule has 2 rings (SSSR count). The van der Waals surface area contributed by atoms with Crippen LogP contribution in [-0.4, -0.2) is 21.0 Å². The number of carboxylic acids is 1. The van der Waals surface area contributed by atoms with Crippen LogP contribution in [0, 0.1) is 18.3 Å². The van der Waals surface area contributed by atoms with E-state index in [-0.39, 0.29) is 5.56 Å². The highest BCUT2D eigenvalue weighted by Gasteiger charge is 2.31. The first-order valence-electron chi connectivity index (χ1n) is 7.36. The van der Waals surface area contributed by atoms with Crippen molar-refractivity contribution in [2.75, 3.05) is 0 Å². The Morgan fingerprint density at radius 3 is 2.30 bits per heavy atom. The summed E-state index contributed by atoms with van der Waals surface area (Å²) in [5.41, 5.74) is 1.15. The summed E-state index contributed by atoms with van der Waals surface area (Å²) in [4.78, 5) is 19.7. The molecule has 4 nitrogen and oxygen atoms in total. The molecule has 0 spiro atoms. The summed E-state index contributed by atoms with van der Waals surface area (Å²) in [6.45, 7) is 8.66. The molecule has 0 radical (unpaired) electrons. The van der Waals surface area contributed by atoms with Crippen LogP contribution < -0.4 is 0 Å². The number of aryl methyl sites for hydroxylation is 1. The Labute approximate surface area is 120 Å². The molecule has 20 heavy (non-hydrogen) atoms. The average Bonchev–Trinajstić information content (AvgIpc) is 2.37. The number of nitrogens with zero attached hydrogens (tertiary/aromatic N) is 2. The van der Waals surface area contributed by atoms with Crippen LogP contribution in [-0.2, 0) is 0 Å². The van der Waals surface area contributed by atoms with Crippen molar-refractivity contribution in [1.82, 2.24) is 9.97 Å². The Hall–Kier alpha value is -1.45. The standard InChI is InChI=1S/C16H24N2O2/c1-10-13(15(19)20)9-17-14(18-10)11-5-7-12(8-6-11)16(2,3)4/h9,11-12H,5-8H2,1-4H3,(H,19,20). The first-order chi connectivity index (χ1) is 9.29. The third-order valence-corrected chi connectivity index (χ3v) is 4.55. The van der Waals surface area contributed by atoms with Gasteiger partial charge < -0.3 is 5.11 Å². The molecular weight excluding hydrogens is 252 g/mol. The van der Waals surface area contributed by atoms with E-state index in [4.69, 9.17) is 5.11 Å². The topological polar surface area (TPSA) is 63.1 Å². The number of hydrogen-bond acceptors (Lipinski definition) is 3. The minimum absolute atomic E-state index is 0.206. The molecule has 1 aliphatic carbocycles. The van der Waals surface area contributed by atoms with Gasteiger partial charge in [-0.3, -0.25) is 0 Å². The Kier molecular flexibility index (Phi) is 4.11. The van der Waals surface area contributed by atoms with Gasteiger partial charge in [0.15, 0.2) is 0 Å². The SMILES string of the molecule is Cc1nc(C2CCC(C(C)(C)C)CC2)ncc1C(=O)O. The lowest BCUT2D eigenvalue weighted by molar-refractivity contribution is 0.0695. The normalized spacial score (nSPS) is 23.6. The molecule has 1 aliphatic rings. The maximum Gasteiger partial charge on any atom is 0.339 e. The molecule has 0 bridgehead atoms. The van der Waals surface area contributed by atoms with Crippen molar-refractivity contribution in [2.24, 2.45) is 11.3 Å². The zero-order chi connectivity index (χ0) is 14.9. The monoisotopic (exact) mass is 276 g/mol. The van der Waals surface area contributed by atoms with E-state index >= 15 is 0 Å². The molecule has 0 aromatic carbocycles. The van der Waals surface area contributed by atoms with E-state index in [0.29, 0.717) is 17.0 Å². The summed E-state index contributed by atoms with van der Waals surface area (Å²) in [7, 11) is 0. The Bertz CT molecular complexity index is 498. The summed E-state index contributed by atoms with van der Waals surface area (Å²) < 4.78 is 0. The second kappa shape index (κ2) is 5.51. The predicted molar refractivity (Wildman–Crippen MR) is 77.9 cm³/mol. The van der Waals surface area contributed by atoms with E-state index in [0.717, 1.165) is 24.6 Å². The first kappa shape index (κ1) is 14.9. The molecule has 1 saturated carbocycles. The second-order valence-corrected chi connectivity index (χ2v) is 6.95. The van der Waals surface area contributed by atoms with Gasteiger partial charge in [-0.05, 0) is 43.9 Å². The Balaban J connectivity index is 2.08. The Morgan fingerprint density at radius 1 is 1.25 bits per heavy atom. The molecule has 0 amide bonds. The molecule has 1 N–H and O–H groups in total. The van der Waals surface area contributed by atoms with E-state index in [1.807, 2.05) is 0 Å². The minimum Gasteiger partial charge on any atom is -0.478 e. The highest BCUT2D eigenvalue weighted by Crippen LogP contribution is 2.42. The molecule has 1 heterocycles. The zero-order valence-corrected chi connectivity index (χ0v) is 12.8. The maximum absolute atomic E-state index is 11.0. The van der Waals surface area contributed by atoms with Gasteiger partial charge in [-0.1, -0.05) is 20.8 Å². The van der Waals surface area contributed by atoms with Crippen LogP contribution in [0.3, 0.4) is 0 Å². The second-order valence-electron chi connectivity index (χ2n) is 6.95. The number of rotatable bonds is 2. The van der Waals surface area contributed by atoms with Crippen LogP contribution in [0.5, 0.6) is 0 Å². The molecule has 1 aromatic heterocycles. The highest BCUT2D eigenvalue weighted by atomic mass is 16.4. The molecule has 0 unspecified atom stereocenters. The molecule has 4 heteroatoms. The maximum atomic E-state index is 11.0. The van der Waals surface area contributed by atoms with E-state index in [2.05, 4.69) is 30.7 Å². The quantitative estimate of drug-likeness (QED) is 0.892. The van der Waals surface area contributed by atoms with Crippen LogP contribution in [0.15, 0.2) is 6.20 Å². The van der Waals surface area contributed by atoms with Crippen LogP contribution in [0.4, 0.5) is 0 Å². The lowest BCUT2D eigenvalue weighted by atomic mass is 9.69. The lowest BCUT2D eigenvalue weighted by Crippen LogP contribution is -2.26. The van der Waals surface area contributed by atoms with E-state index < -0.39 is 5.97 Å². The summed E-state index contributed by atoms with van der Waals surface area (Å²) >= 11 is 0.